The highest BCUT2D eigenvalue weighted by Gasteiger charge is 2.26. The van der Waals surface area contributed by atoms with Crippen molar-refractivity contribution in [2.24, 2.45) is 0 Å². The van der Waals surface area contributed by atoms with Crippen molar-refractivity contribution < 1.29 is 9.59 Å². The van der Waals surface area contributed by atoms with E-state index in [-0.39, 0.29) is 18.0 Å². The Balaban J connectivity index is 1.37. The molecule has 0 aliphatic heterocycles. The summed E-state index contributed by atoms with van der Waals surface area (Å²) < 4.78 is 0. The molecule has 43 heavy (non-hydrogen) atoms. The number of urea groups is 1. The SMILES string of the molecule is CC(NC(=O)[C@@H](Cc1cccc2ccccc12)NC(=O)N(CCc1ccccc1)CCc1ccccn1)c1ccccc1. The zero-order valence-electron chi connectivity index (χ0n) is 24.5. The lowest BCUT2D eigenvalue weighted by Crippen LogP contribution is -2.53. The fourth-order valence-electron chi connectivity index (χ4n) is 5.30. The first-order chi connectivity index (χ1) is 21.1. The molecule has 0 aliphatic carbocycles. The monoisotopic (exact) mass is 570 g/mol. The van der Waals surface area contributed by atoms with Gasteiger partial charge in [-0.15, -0.1) is 0 Å². The third kappa shape index (κ3) is 8.29. The molecule has 0 spiro atoms. The molecule has 0 bridgehead atoms. The van der Waals surface area contributed by atoms with Crippen LogP contribution in [0.3, 0.4) is 0 Å². The van der Waals surface area contributed by atoms with Crippen molar-refractivity contribution in [2.75, 3.05) is 13.1 Å². The van der Waals surface area contributed by atoms with Gasteiger partial charge in [-0.2, -0.15) is 0 Å². The Morgan fingerprint density at radius 3 is 2.16 bits per heavy atom. The summed E-state index contributed by atoms with van der Waals surface area (Å²) in [5.41, 5.74) is 4.09. The van der Waals surface area contributed by atoms with Crippen molar-refractivity contribution in [3.8, 4) is 0 Å². The van der Waals surface area contributed by atoms with Crippen LogP contribution in [0.2, 0.25) is 0 Å². The summed E-state index contributed by atoms with van der Waals surface area (Å²) in [5, 5.41) is 8.43. The first-order valence-corrected chi connectivity index (χ1v) is 14.9. The number of rotatable bonds is 12. The minimum absolute atomic E-state index is 0.209. The third-order valence-corrected chi connectivity index (χ3v) is 7.74. The van der Waals surface area contributed by atoms with Crippen LogP contribution in [-0.2, 0) is 24.1 Å². The molecule has 0 aliphatic rings. The van der Waals surface area contributed by atoms with E-state index in [1.165, 1.54) is 0 Å². The van der Waals surface area contributed by atoms with Crippen LogP contribution in [-0.4, -0.2) is 41.0 Å². The van der Waals surface area contributed by atoms with Gasteiger partial charge in [0, 0.05) is 37.8 Å². The number of benzene rings is 4. The Hall–Kier alpha value is -4.97. The van der Waals surface area contributed by atoms with Crippen LogP contribution in [0.4, 0.5) is 4.79 Å². The largest absolute Gasteiger partial charge is 0.348 e. The number of amides is 3. The molecule has 0 saturated carbocycles. The second kappa shape index (κ2) is 14.8. The quantitative estimate of drug-likeness (QED) is 0.179. The van der Waals surface area contributed by atoms with E-state index in [0.717, 1.165) is 33.2 Å². The van der Waals surface area contributed by atoms with Gasteiger partial charge < -0.3 is 15.5 Å². The second-order valence-electron chi connectivity index (χ2n) is 10.8. The van der Waals surface area contributed by atoms with Crippen molar-refractivity contribution in [1.82, 2.24) is 20.5 Å². The van der Waals surface area contributed by atoms with Crippen molar-refractivity contribution >= 4 is 22.7 Å². The zero-order chi connectivity index (χ0) is 29.9. The van der Waals surface area contributed by atoms with E-state index in [0.29, 0.717) is 32.4 Å². The smallest absolute Gasteiger partial charge is 0.318 e. The number of pyridine rings is 1. The van der Waals surface area contributed by atoms with E-state index in [9.17, 15) is 9.59 Å². The average Bonchev–Trinajstić information content (AvgIpc) is 3.06. The van der Waals surface area contributed by atoms with Crippen LogP contribution in [0.15, 0.2) is 128 Å². The summed E-state index contributed by atoms with van der Waals surface area (Å²) in [6, 6.07) is 38.8. The number of fused-ring (bicyclic) bond motifs is 1. The summed E-state index contributed by atoms with van der Waals surface area (Å²) in [4.78, 5) is 34.0. The van der Waals surface area contributed by atoms with Crippen molar-refractivity contribution in [3.05, 3.63) is 150 Å². The zero-order valence-corrected chi connectivity index (χ0v) is 24.5. The Morgan fingerprint density at radius 2 is 1.40 bits per heavy atom. The molecule has 2 atom stereocenters. The van der Waals surface area contributed by atoms with Crippen LogP contribution >= 0.6 is 0 Å². The highest BCUT2D eigenvalue weighted by molar-refractivity contribution is 5.90. The van der Waals surface area contributed by atoms with Crippen LogP contribution < -0.4 is 10.6 Å². The lowest BCUT2D eigenvalue weighted by molar-refractivity contribution is -0.123. The molecule has 2 N–H and O–H groups in total. The van der Waals surface area contributed by atoms with Crippen molar-refractivity contribution in [3.63, 3.8) is 0 Å². The Bertz CT molecular complexity index is 1560. The van der Waals surface area contributed by atoms with E-state index in [4.69, 9.17) is 0 Å². The standard InChI is InChI=1S/C37H38N4O2/c1-28(30-15-6-3-7-16-30)39-36(42)35(27-32-19-12-18-31-17-8-9-21-34(31)32)40-37(43)41(25-22-29-13-4-2-5-14-29)26-23-33-20-10-11-24-38-33/h2-21,24,28,35H,22-23,25-27H2,1H3,(H,39,42)(H,40,43)/t28?,35-/m1/s1. The molecule has 3 amide bonds. The number of carbonyl (C=O) groups excluding carboxylic acids is 2. The molecule has 0 radical (unpaired) electrons. The fraction of sp³-hybridized carbons (Fsp3) is 0.216. The maximum Gasteiger partial charge on any atom is 0.318 e. The minimum Gasteiger partial charge on any atom is -0.348 e. The number of nitrogens with one attached hydrogen (secondary N) is 2. The van der Waals surface area contributed by atoms with E-state index in [1.54, 1.807) is 11.1 Å². The summed E-state index contributed by atoms with van der Waals surface area (Å²) in [5.74, 6) is -0.217. The molecule has 0 fully saturated rings. The maximum atomic E-state index is 13.9. The Kier molecular flexibility index (Phi) is 10.1. The predicted octanol–water partition coefficient (Wildman–Crippen LogP) is 6.52. The van der Waals surface area contributed by atoms with Gasteiger partial charge in [-0.05, 0) is 52.9 Å². The van der Waals surface area contributed by atoms with Crippen LogP contribution in [0.5, 0.6) is 0 Å². The molecule has 1 aromatic heterocycles. The van der Waals surface area contributed by atoms with E-state index in [2.05, 4.69) is 45.9 Å². The third-order valence-electron chi connectivity index (χ3n) is 7.74. The van der Waals surface area contributed by atoms with Gasteiger partial charge in [-0.25, -0.2) is 4.79 Å². The highest BCUT2D eigenvalue weighted by atomic mass is 16.2. The molecular weight excluding hydrogens is 532 g/mol. The summed E-state index contributed by atoms with van der Waals surface area (Å²) >= 11 is 0. The van der Waals surface area contributed by atoms with Gasteiger partial charge in [0.25, 0.3) is 0 Å². The van der Waals surface area contributed by atoms with Crippen LogP contribution in [0, 0.1) is 0 Å². The first kappa shape index (κ1) is 29.5. The van der Waals surface area contributed by atoms with Gasteiger partial charge in [0.05, 0.1) is 6.04 Å². The topological polar surface area (TPSA) is 74.3 Å². The second-order valence-corrected chi connectivity index (χ2v) is 10.8. The van der Waals surface area contributed by atoms with E-state index < -0.39 is 6.04 Å². The molecule has 1 unspecified atom stereocenters. The summed E-state index contributed by atoms with van der Waals surface area (Å²) in [7, 11) is 0. The molecular formula is C37H38N4O2. The van der Waals surface area contributed by atoms with Crippen LogP contribution in [0.1, 0.15) is 35.3 Å². The minimum atomic E-state index is -0.765. The van der Waals surface area contributed by atoms with Gasteiger partial charge in [0.15, 0.2) is 0 Å². The number of carbonyl (C=O) groups is 2. The number of hydrogen-bond acceptors (Lipinski definition) is 3. The average molecular weight is 571 g/mol. The molecule has 1 heterocycles. The lowest BCUT2D eigenvalue weighted by atomic mass is 9.98. The Labute approximate surface area is 253 Å². The van der Waals surface area contributed by atoms with Gasteiger partial charge in [0.1, 0.15) is 6.04 Å². The lowest BCUT2D eigenvalue weighted by Gasteiger charge is -2.27. The number of nitrogens with zero attached hydrogens (tertiary/aromatic N) is 2. The number of aromatic nitrogens is 1. The molecule has 4 aromatic carbocycles. The molecule has 5 rings (SSSR count). The van der Waals surface area contributed by atoms with Gasteiger partial charge in [-0.3, -0.25) is 9.78 Å². The van der Waals surface area contributed by atoms with Gasteiger partial charge in [0.2, 0.25) is 5.91 Å². The van der Waals surface area contributed by atoms with Gasteiger partial charge >= 0.3 is 6.03 Å². The molecule has 0 saturated heterocycles. The maximum absolute atomic E-state index is 13.9. The summed E-state index contributed by atoms with van der Waals surface area (Å²) in [6.45, 7) is 2.97. The predicted molar refractivity (Wildman–Crippen MR) is 173 cm³/mol. The first-order valence-electron chi connectivity index (χ1n) is 14.9. The molecule has 218 valence electrons. The molecule has 6 nitrogen and oxygen atoms in total. The summed E-state index contributed by atoms with van der Waals surface area (Å²) in [6.07, 6.45) is 3.46. The van der Waals surface area contributed by atoms with Crippen LogP contribution in [0.25, 0.3) is 10.8 Å². The molecule has 5 aromatic rings. The molecule has 6 heteroatoms. The van der Waals surface area contributed by atoms with Gasteiger partial charge in [-0.1, -0.05) is 109 Å². The Morgan fingerprint density at radius 1 is 0.721 bits per heavy atom. The fourth-order valence-corrected chi connectivity index (χ4v) is 5.30. The van der Waals surface area contributed by atoms with Crippen molar-refractivity contribution in [2.45, 2.75) is 38.3 Å². The normalized spacial score (nSPS) is 12.3. The van der Waals surface area contributed by atoms with E-state index in [1.807, 2.05) is 97.9 Å². The van der Waals surface area contributed by atoms with E-state index >= 15 is 0 Å². The highest BCUT2D eigenvalue weighted by Crippen LogP contribution is 2.21. The van der Waals surface area contributed by atoms with Crippen molar-refractivity contribution in [1.29, 1.82) is 0 Å². The number of hydrogen-bond donors (Lipinski definition) is 2.